The fraction of sp³-hybridized carbons (Fsp3) is 0.483. The summed E-state index contributed by atoms with van der Waals surface area (Å²) in [5.41, 5.74) is 4.83. The summed E-state index contributed by atoms with van der Waals surface area (Å²) in [5, 5.41) is 3.73. The SMILES string of the molecule is CN(Cc1c(C=O)cccc1SCc1cccc(CNC2CC3(CCC3)C2)c1)C(C=O)CCC=O. The standard InChI is InChI=1S/C29H36N2O3S/c1-31(26(20-34)9-4-13-32)18-27-24(19-33)8-3-10-28(27)35-21-23-7-2-6-22(14-23)17-30-25-15-29(16-25)11-5-12-29/h2-3,6-8,10,13-14,19-20,25-26,30H,4-5,9,11-12,15-18,21H2,1H3. The molecule has 0 radical (unpaired) electrons. The third kappa shape index (κ3) is 6.49. The quantitative estimate of drug-likeness (QED) is 0.289. The van der Waals surface area contributed by atoms with Crippen LogP contribution in [0.15, 0.2) is 47.4 Å². The summed E-state index contributed by atoms with van der Waals surface area (Å²) in [5.74, 6) is 0.807. The van der Waals surface area contributed by atoms with Crippen molar-refractivity contribution in [2.24, 2.45) is 5.41 Å². The summed E-state index contributed by atoms with van der Waals surface area (Å²) >= 11 is 1.72. The number of carbonyl (C=O) groups is 3. The van der Waals surface area contributed by atoms with Gasteiger partial charge in [0.15, 0.2) is 0 Å². The summed E-state index contributed by atoms with van der Waals surface area (Å²) in [6.45, 7) is 1.39. The molecule has 2 fully saturated rings. The molecule has 0 aliphatic heterocycles. The van der Waals surface area contributed by atoms with Gasteiger partial charge in [-0.3, -0.25) is 9.69 Å². The first-order valence-electron chi connectivity index (χ1n) is 12.7. The molecular weight excluding hydrogens is 456 g/mol. The average Bonchev–Trinajstić information content (AvgIpc) is 2.82. The van der Waals surface area contributed by atoms with Crippen LogP contribution in [0.2, 0.25) is 0 Å². The van der Waals surface area contributed by atoms with Gasteiger partial charge in [-0.2, -0.15) is 0 Å². The highest BCUT2D eigenvalue weighted by atomic mass is 32.2. The number of benzene rings is 2. The van der Waals surface area contributed by atoms with Gasteiger partial charge in [0.25, 0.3) is 0 Å². The van der Waals surface area contributed by atoms with Crippen LogP contribution in [0.3, 0.4) is 0 Å². The van der Waals surface area contributed by atoms with Crippen molar-refractivity contribution in [1.82, 2.24) is 10.2 Å². The first-order valence-corrected chi connectivity index (χ1v) is 13.6. The molecule has 0 amide bonds. The monoisotopic (exact) mass is 492 g/mol. The van der Waals surface area contributed by atoms with Gasteiger partial charge < -0.3 is 14.9 Å². The second-order valence-electron chi connectivity index (χ2n) is 10.3. The van der Waals surface area contributed by atoms with E-state index in [1.807, 2.05) is 30.1 Å². The number of likely N-dealkylation sites (N-methyl/N-ethyl adjacent to an activating group) is 1. The molecule has 6 heteroatoms. The van der Waals surface area contributed by atoms with E-state index in [0.717, 1.165) is 41.6 Å². The van der Waals surface area contributed by atoms with E-state index in [1.165, 1.54) is 43.2 Å². The minimum Gasteiger partial charge on any atom is -0.310 e. The molecule has 1 N–H and O–H groups in total. The van der Waals surface area contributed by atoms with Gasteiger partial charge in [-0.1, -0.05) is 42.8 Å². The van der Waals surface area contributed by atoms with Crippen LogP contribution >= 0.6 is 11.8 Å². The highest BCUT2D eigenvalue weighted by molar-refractivity contribution is 7.98. The first-order chi connectivity index (χ1) is 17.1. The Labute approximate surface area is 213 Å². The van der Waals surface area contributed by atoms with Crippen LogP contribution in [0, 0.1) is 5.41 Å². The van der Waals surface area contributed by atoms with Crippen molar-refractivity contribution in [2.75, 3.05) is 7.05 Å². The summed E-state index contributed by atoms with van der Waals surface area (Å²) in [7, 11) is 1.87. The number of rotatable bonds is 14. The van der Waals surface area contributed by atoms with E-state index in [9.17, 15) is 14.4 Å². The number of aldehydes is 3. The molecule has 1 atom stereocenters. The minimum absolute atomic E-state index is 0.345. The lowest BCUT2D eigenvalue weighted by Crippen LogP contribution is -2.51. The van der Waals surface area contributed by atoms with Crippen LogP contribution in [-0.2, 0) is 28.4 Å². The molecule has 186 valence electrons. The van der Waals surface area contributed by atoms with Crippen LogP contribution in [0.1, 0.15) is 72.0 Å². The van der Waals surface area contributed by atoms with Crippen molar-refractivity contribution in [3.05, 3.63) is 64.7 Å². The Morgan fingerprint density at radius 1 is 1.11 bits per heavy atom. The normalized spacial score (nSPS) is 17.5. The molecule has 0 saturated heterocycles. The van der Waals surface area contributed by atoms with Crippen LogP contribution in [0.4, 0.5) is 0 Å². The molecule has 1 unspecified atom stereocenters. The molecule has 0 bridgehead atoms. The highest BCUT2D eigenvalue weighted by Gasteiger charge is 2.47. The number of hydrogen-bond acceptors (Lipinski definition) is 6. The van der Waals surface area contributed by atoms with Gasteiger partial charge in [-0.05, 0) is 67.3 Å². The van der Waals surface area contributed by atoms with E-state index in [0.29, 0.717) is 36.4 Å². The van der Waals surface area contributed by atoms with Crippen molar-refractivity contribution < 1.29 is 14.4 Å². The Morgan fingerprint density at radius 3 is 2.57 bits per heavy atom. The van der Waals surface area contributed by atoms with Gasteiger partial charge >= 0.3 is 0 Å². The van der Waals surface area contributed by atoms with E-state index in [4.69, 9.17) is 0 Å². The van der Waals surface area contributed by atoms with Crippen LogP contribution in [0.5, 0.6) is 0 Å². The van der Waals surface area contributed by atoms with Crippen LogP contribution < -0.4 is 5.32 Å². The predicted octanol–water partition coefficient (Wildman–Crippen LogP) is 5.19. The third-order valence-corrected chi connectivity index (χ3v) is 8.93. The summed E-state index contributed by atoms with van der Waals surface area (Å²) in [4.78, 5) is 37.0. The zero-order valence-electron chi connectivity index (χ0n) is 20.6. The van der Waals surface area contributed by atoms with E-state index in [2.05, 4.69) is 29.6 Å². The lowest BCUT2D eigenvalue weighted by Gasteiger charge is -2.54. The largest absolute Gasteiger partial charge is 0.310 e. The van der Waals surface area contributed by atoms with Gasteiger partial charge in [0.1, 0.15) is 18.9 Å². The molecule has 35 heavy (non-hydrogen) atoms. The highest BCUT2D eigenvalue weighted by Crippen LogP contribution is 2.55. The van der Waals surface area contributed by atoms with E-state index < -0.39 is 0 Å². The Balaban J connectivity index is 1.36. The number of nitrogens with one attached hydrogen (secondary N) is 1. The van der Waals surface area contributed by atoms with Gasteiger partial charge in [0, 0.05) is 41.8 Å². The Bertz CT molecular complexity index is 1030. The van der Waals surface area contributed by atoms with Gasteiger partial charge in [0.2, 0.25) is 0 Å². The lowest BCUT2D eigenvalue weighted by atomic mass is 9.54. The first kappa shape index (κ1) is 25.8. The van der Waals surface area contributed by atoms with Gasteiger partial charge in [0.05, 0.1) is 6.04 Å². The number of carbonyl (C=O) groups excluding carboxylic acids is 3. The van der Waals surface area contributed by atoms with Crippen molar-refractivity contribution in [2.45, 2.75) is 80.8 Å². The molecular formula is C29H36N2O3S. The Hall–Kier alpha value is -2.28. The molecule has 2 aliphatic rings. The second-order valence-corrected chi connectivity index (χ2v) is 11.3. The van der Waals surface area contributed by atoms with Crippen molar-refractivity contribution in [3.8, 4) is 0 Å². The van der Waals surface area contributed by atoms with Crippen molar-refractivity contribution >= 4 is 30.6 Å². The average molecular weight is 493 g/mol. The molecule has 2 saturated carbocycles. The van der Waals surface area contributed by atoms with E-state index in [1.54, 1.807) is 11.8 Å². The predicted molar refractivity (Wildman–Crippen MR) is 141 cm³/mol. The maximum Gasteiger partial charge on any atom is 0.150 e. The molecule has 0 aromatic heterocycles. The maximum absolute atomic E-state index is 11.8. The van der Waals surface area contributed by atoms with Gasteiger partial charge in [-0.25, -0.2) is 0 Å². The summed E-state index contributed by atoms with van der Waals surface area (Å²) < 4.78 is 0. The lowest BCUT2D eigenvalue weighted by molar-refractivity contribution is -0.113. The zero-order valence-corrected chi connectivity index (χ0v) is 21.4. The molecule has 2 aliphatic carbocycles. The minimum atomic E-state index is -0.350. The second kappa shape index (κ2) is 12.1. The summed E-state index contributed by atoms with van der Waals surface area (Å²) in [6.07, 6.45) is 10.4. The third-order valence-electron chi connectivity index (χ3n) is 7.76. The number of thioether (sulfide) groups is 1. The zero-order chi connectivity index (χ0) is 24.7. The van der Waals surface area contributed by atoms with Crippen LogP contribution in [-0.4, -0.2) is 42.9 Å². The number of nitrogens with zero attached hydrogens (tertiary/aromatic N) is 1. The fourth-order valence-electron chi connectivity index (χ4n) is 5.46. The summed E-state index contributed by atoms with van der Waals surface area (Å²) in [6, 6.07) is 14.8. The molecule has 2 aromatic carbocycles. The van der Waals surface area contributed by atoms with Crippen molar-refractivity contribution in [3.63, 3.8) is 0 Å². The Morgan fingerprint density at radius 2 is 1.89 bits per heavy atom. The maximum atomic E-state index is 11.8. The topological polar surface area (TPSA) is 66.5 Å². The number of hydrogen-bond donors (Lipinski definition) is 1. The van der Waals surface area contributed by atoms with E-state index in [-0.39, 0.29) is 6.04 Å². The molecule has 5 nitrogen and oxygen atoms in total. The smallest absolute Gasteiger partial charge is 0.150 e. The molecule has 1 spiro atoms. The molecule has 0 heterocycles. The molecule has 2 aromatic rings. The molecule has 4 rings (SSSR count). The fourth-order valence-corrected chi connectivity index (χ4v) is 6.50. The van der Waals surface area contributed by atoms with Gasteiger partial charge in [-0.15, -0.1) is 11.8 Å². The van der Waals surface area contributed by atoms with Crippen molar-refractivity contribution in [1.29, 1.82) is 0 Å². The van der Waals surface area contributed by atoms with Crippen LogP contribution in [0.25, 0.3) is 0 Å². The Kier molecular flexibility index (Phi) is 8.93. The van der Waals surface area contributed by atoms with E-state index >= 15 is 0 Å².